The van der Waals surface area contributed by atoms with Gasteiger partial charge in [-0.15, -0.1) is 0 Å². The fourth-order valence-electron chi connectivity index (χ4n) is 1.48. The van der Waals surface area contributed by atoms with Gasteiger partial charge < -0.3 is 5.11 Å². The van der Waals surface area contributed by atoms with Gasteiger partial charge in [0, 0.05) is 12.0 Å². The van der Waals surface area contributed by atoms with E-state index >= 15 is 0 Å². The van der Waals surface area contributed by atoms with Gasteiger partial charge in [-0.3, -0.25) is 0 Å². The van der Waals surface area contributed by atoms with Crippen molar-refractivity contribution >= 4 is 22.5 Å². The molecule has 0 aliphatic rings. The highest BCUT2D eigenvalue weighted by Crippen LogP contribution is 2.22. The molecular weight excluding hydrogens is 217 g/mol. The van der Waals surface area contributed by atoms with Crippen LogP contribution < -0.4 is 0 Å². The Hall–Kier alpha value is -1.19. The lowest BCUT2D eigenvalue weighted by Gasteiger charge is -2.04. The summed E-state index contributed by atoms with van der Waals surface area (Å²) in [4.78, 5) is 3.97. The number of halogens is 2. The molecule has 0 saturated carbocycles. The van der Waals surface area contributed by atoms with Gasteiger partial charge in [0.2, 0.25) is 0 Å². The smallest absolute Gasteiger partial charge is 0.149 e. The number of hydrogen-bond donors (Lipinski definition) is 1. The van der Waals surface area contributed by atoms with Crippen LogP contribution in [-0.2, 0) is 6.42 Å². The molecule has 0 atom stereocenters. The van der Waals surface area contributed by atoms with E-state index in [1.165, 1.54) is 6.07 Å². The lowest BCUT2D eigenvalue weighted by atomic mass is 10.1. The van der Waals surface area contributed by atoms with Crippen LogP contribution >= 0.6 is 11.6 Å². The molecule has 0 unspecified atom stereocenters. The first-order chi connectivity index (χ1) is 7.22. The highest BCUT2D eigenvalue weighted by Gasteiger charge is 2.07. The Morgan fingerprint density at radius 1 is 1.40 bits per heavy atom. The summed E-state index contributed by atoms with van der Waals surface area (Å²) in [7, 11) is 0. The van der Waals surface area contributed by atoms with E-state index < -0.39 is 0 Å². The van der Waals surface area contributed by atoms with Crippen LogP contribution in [0.4, 0.5) is 4.39 Å². The van der Waals surface area contributed by atoms with Crippen molar-refractivity contribution < 1.29 is 9.50 Å². The molecule has 2 rings (SSSR count). The molecule has 15 heavy (non-hydrogen) atoms. The van der Waals surface area contributed by atoms with Crippen LogP contribution in [0.1, 0.15) is 5.56 Å². The zero-order chi connectivity index (χ0) is 10.8. The first kappa shape index (κ1) is 10.3. The van der Waals surface area contributed by atoms with Crippen LogP contribution in [0.3, 0.4) is 0 Å². The van der Waals surface area contributed by atoms with Crippen molar-refractivity contribution in [2.24, 2.45) is 0 Å². The normalized spacial score (nSPS) is 10.9. The van der Waals surface area contributed by atoms with Gasteiger partial charge in [0.05, 0.1) is 0 Å². The second-order valence-corrected chi connectivity index (χ2v) is 3.58. The number of pyridine rings is 1. The van der Waals surface area contributed by atoms with E-state index in [0.29, 0.717) is 11.8 Å². The van der Waals surface area contributed by atoms with Crippen molar-refractivity contribution in [3.8, 4) is 0 Å². The molecule has 0 spiro atoms. The number of aliphatic hydroxyl groups excluding tert-OH is 1. The van der Waals surface area contributed by atoms with Crippen LogP contribution in [0, 0.1) is 5.82 Å². The number of fused-ring (bicyclic) bond motifs is 1. The molecule has 4 heteroatoms. The Balaban J connectivity index is 2.65. The molecular formula is C11H9ClFNO. The predicted molar refractivity (Wildman–Crippen MR) is 57.5 cm³/mol. The van der Waals surface area contributed by atoms with E-state index in [9.17, 15) is 4.39 Å². The lowest BCUT2D eigenvalue weighted by molar-refractivity contribution is 0.299. The molecule has 2 aromatic rings. The highest BCUT2D eigenvalue weighted by molar-refractivity contribution is 6.30. The van der Waals surface area contributed by atoms with Crippen LogP contribution in [-0.4, -0.2) is 16.7 Å². The third kappa shape index (κ3) is 1.94. The molecule has 0 bridgehead atoms. The number of rotatable bonds is 2. The number of para-hydroxylation sites is 1. The topological polar surface area (TPSA) is 33.1 Å². The highest BCUT2D eigenvalue weighted by atomic mass is 35.5. The minimum Gasteiger partial charge on any atom is -0.396 e. The molecule has 0 saturated heterocycles. The van der Waals surface area contributed by atoms with Crippen LogP contribution in [0.5, 0.6) is 0 Å². The molecule has 1 aromatic heterocycles. The zero-order valence-electron chi connectivity index (χ0n) is 7.87. The summed E-state index contributed by atoms with van der Waals surface area (Å²) in [6.07, 6.45) is 0.429. The van der Waals surface area contributed by atoms with E-state index in [1.54, 1.807) is 18.2 Å². The summed E-state index contributed by atoms with van der Waals surface area (Å²) < 4.78 is 13.3. The largest absolute Gasteiger partial charge is 0.396 e. The van der Waals surface area contributed by atoms with Crippen LogP contribution in [0.2, 0.25) is 5.15 Å². The van der Waals surface area contributed by atoms with Gasteiger partial charge >= 0.3 is 0 Å². The monoisotopic (exact) mass is 225 g/mol. The van der Waals surface area contributed by atoms with E-state index in [-0.39, 0.29) is 23.1 Å². The maximum Gasteiger partial charge on any atom is 0.149 e. The zero-order valence-corrected chi connectivity index (χ0v) is 8.63. The Labute approximate surface area is 91.3 Å². The van der Waals surface area contributed by atoms with Crippen LogP contribution in [0.25, 0.3) is 10.9 Å². The maximum atomic E-state index is 13.3. The van der Waals surface area contributed by atoms with Gasteiger partial charge in [-0.25, -0.2) is 9.37 Å². The van der Waals surface area contributed by atoms with Gasteiger partial charge in [0.15, 0.2) is 0 Å². The molecule has 0 aliphatic carbocycles. The van der Waals surface area contributed by atoms with E-state index in [1.807, 2.05) is 0 Å². The lowest BCUT2D eigenvalue weighted by Crippen LogP contribution is -1.95. The Kier molecular flexibility index (Phi) is 2.84. The molecule has 1 heterocycles. The van der Waals surface area contributed by atoms with Crippen molar-refractivity contribution in [3.63, 3.8) is 0 Å². The van der Waals surface area contributed by atoms with Crippen molar-refractivity contribution in [1.29, 1.82) is 0 Å². The molecule has 2 nitrogen and oxygen atoms in total. The van der Waals surface area contributed by atoms with Crippen molar-refractivity contribution in [2.75, 3.05) is 6.61 Å². The van der Waals surface area contributed by atoms with Gasteiger partial charge in [0.25, 0.3) is 0 Å². The van der Waals surface area contributed by atoms with Crippen molar-refractivity contribution in [2.45, 2.75) is 6.42 Å². The summed E-state index contributed by atoms with van der Waals surface area (Å²) >= 11 is 5.87. The molecule has 78 valence electrons. The second kappa shape index (κ2) is 4.13. The summed E-state index contributed by atoms with van der Waals surface area (Å²) in [5.74, 6) is -0.384. The average molecular weight is 226 g/mol. The summed E-state index contributed by atoms with van der Waals surface area (Å²) in [6, 6.07) is 6.49. The quantitative estimate of drug-likeness (QED) is 0.797. The predicted octanol–water partition coefficient (Wildman–Crippen LogP) is 2.56. The first-order valence-corrected chi connectivity index (χ1v) is 4.94. The fourth-order valence-corrected chi connectivity index (χ4v) is 1.71. The van der Waals surface area contributed by atoms with Crippen LogP contribution in [0.15, 0.2) is 24.3 Å². The fraction of sp³-hybridized carbons (Fsp3) is 0.182. The Morgan fingerprint density at radius 2 is 2.20 bits per heavy atom. The third-order valence-corrected chi connectivity index (χ3v) is 2.53. The molecule has 0 amide bonds. The SMILES string of the molecule is OCCc1cc2cccc(F)c2nc1Cl. The number of hydrogen-bond acceptors (Lipinski definition) is 2. The van der Waals surface area contributed by atoms with Gasteiger partial charge in [-0.2, -0.15) is 0 Å². The van der Waals surface area contributed by atoms with Gasteiger partial charge in [0.1, 0.15) is 16.5 Å². The third-order valence-electron chi connectivity index (χ3n) is 2.20. The average Bonchev–Trinajstić information content (AvgIpc) is 2.21. The molecule has 1 aromatic carbocycles. The minimum absolute atomic E-state index is 0.00220. The summed E-state index contributed by atoms with van der Waals surface area (Å²) in [5, 5.41) is 9.76. The van der Waals surface area contributed by atoms with E-state index in [2.05, 4.69) is 4.98 Å². The van der Waals surface area contributed by atoms with Crippen molar-refractivity contribution in [3.05, 3.63) is 40.8 Å². The molecule has 1 N–H and O–H groups in total. The Morgan fingerprint density at radius 3 is 2.93 bits per heavy atom. The summed E-state index contributed by atoms with van der Waals surface area (Å²) in [5.41, 5.74) is 1.00. The minimum atomic E-state index is -0.384. The first-order valence-electron chi connectivity index (χ1n) is 4.57. The van der Waals surface area contributed by atoms with E-state index in [0.717, 1.165) is 5.56 Å². The van der Waals surface area contributed by atoms with E-state index in [4.69, 9.17) is 16.7 Å². The number of aliphatic hydroxyl groups is 1. The molecule has 0 radical (unpaired) electrons. The summed E-state index contributed by atoms with van der Waals surface area (Å²) in [6.45, 7) is 0.00220. The maximum absolute atomic E-state index is 13.3. The second-order valence-electron chi connectivity index (χ2n) is 3.22. The molecule has 0 fully saturated rings. The number of nitrogens with zero attached hydrogens (tertiary/aromatic N) is 1. The molecule has 0 aliphatic heterocycles. The number of aromatic nitrogens is 1. The van der Waals surface area contributed by atoms with Crippen molar-refractivity contribution in [1.82, 2.24) is 4.98 Å². The Bertz CT molecular complexity index is 501. The van der Waals surface area contributed by atoms with Gasteiger partial charge in [-0.1, -0.05) is 23.7 Å². The van der Waals surface area contributed by atoms with Gasteiger partial charge in [-0.05, 0) is 24.1 Å². The standard InChI is InChI=1S/C11H9ClFNO/c12-11-8(4-5-15)6-7-2-1-3-9(13)10(7)14-11/h1-3,6,15H,4-5H2. The number of benzene rings is 1.